The number of rotatable bonds is 4. The van der Waals surface area contributed by atoms with Gasteiger partial charge in [0.05, 0.1) is 29.2 Å². The molecule has 174 valence electrons. The number of amides is 1. The van der Waals surface area contributed by atoms with Crippen LogP contribution >= 0.6 is 23.2 Å². The lowest BCUT2D eigenvalue weighted by Gasteiger charge is -2.36. The van der Waals surface area contributed by atoms with Crippen LogP contribution in [0.4, 0.5) is 10.1 Å². The van der Waals surface area contributed by atoms with Gasteiger partial charge in [-0.05, 0) is 74.0 Å². The zero-order chi connectivity index (χ0) is 24.1. The Bertz CT molecular complexity index is 1320. The van der Waals surface area contributed by atoms with Gasteiger partial charge in [-0.3, -0.25) is 9.59 Å². The topological polar surface area (TPSA) is 91.2 Å². The summed E-state index contributed by atoms with van der Waals surface area (Å²) in [6.45, 7) is 5.85. The number of hydrogen-bond acceptors (Lipinski definition) is 4. The van der Waals surface area contributed by atoms with E-state index in [4.69, 9.17) is 28.9 Å². The van der Waals surface area contributed by atoms with Crippen LogP contribution in [0.5, 0.6) is 0 Å². The van der Waals surface area contributed by atoms with Gasteiger partial charge in [0.1, 0.15) is 5.82 Å². The summed E-state index contributed by atoms with van der Waals surface area (Å²) in [5.74, 6) is -0.802. The van der Waals surface area contributed by atoms with E-state index in [1.54, 1.807) is 30.9 Å². The largest absolute Gasteiger partial charge is 0.374 e. The van der Waals surface area contributed by atoms with Crippen LogP contribution in [-0.4, -0.2) is 28.9 Å². The van der Waals surface area contributed by atoms with Crippen LogP contribution < -0.4 is 16.6 Å². The number of nitrogens with two attached hydrogens (primary N) is 1. The second kappa shape index (κ2) is 8.63. The van der Waals surface area contributed by atoms with E-state index in [2.05, 4.69) is 10.3 Å². The van der Waals surface area contributed by atoms with E-state index in [0.29, 0.717) is 34.1 Å². The first-order chi connectivity index (χ1) is 15.5. The van der Waals surface area contributed by atoms with Crippen LogP contribution in [0, 0.1) is 5.82 Å². The summed E-state index contributed by atoms with van der Waals surface area (Å²) in [4.78, 5) is 29.8. The van der Waals surface area contributed by atoms with Crippen LogP contribution in [0.15, 0.2) is 35.1 Å². The van der Waals surface area contributed by atoms with E-state index in [1.165, 1.54) is 6.07 Å². The van der Waals surface area contributed by atoms with Gasteiger partial charge in [-0.25, -0.2) is 4.39 Å². The number of pyridine rings is 1. The molecule has 2 aromatic carbocycles. The molecule has 2 heterocycles. The molecule has 33 heavy (non-hydrogen) atoms. The zero-order valence-electron chi connectivity index (χ0n) is 18.6. The maximum atomic E-state index is 14.7. The summed E-state index contributed by atoms with van der Waals surface area (Å²) < 4.78 is 14.7. The predicted molar refractivity (Wildman–Crippen MR) is 131 cm³/mol. The molecule has 4 rings (SSSR count). The van der Waals surface area contributed by atoms with Crippen molar-refractivity contribution < 1.29 is 9.18 Å². The van der Waals surface area contributed by atoms with Gasteiger partial charge >= 0.3 is 0 Å². The fourth-order valence-corrected chi connectivity index (χ4v) is 4.98. The molecule has 9 heteroatoms. The normalized spacial score (nSPS) is 16.1. The van der Waals surface area contributed by atoms with Crippen LogP contribution in [0.3, 0.4) is 0 Å². The molecule has 4 N–H and O–H groups in total. The van der Waals surface area contributed by atoms with Crippen LogP contribution in [0.25, 0.3) is 10.8 Å². The number of aromatic amines is 1. The predicted octanol–water partition coefficient (Wildman–Crippen LogP) is 4.73. The molecule has 0 saturated heterocycles. The molecule has 0 bridgehead atoms. The van der Waals surface area contributed by atoms with Gasteiger partial charge in [0.2, 0.25) is 5.91 Å². The maximum Gasteiger partial charge on any atom is 0.256 e. The van der Waals surface area contributed by atoms with Gasteiger partial charge in [-0.15, -0.1) is 0 Å². The minimum absolute atomic E-state index is 0.105. The van der Waals surface area contributed by atoms with Crippen LogP contribution in [-0.2, 0) is 16.8 Å². The number of anilines is 1. The zero-order valence-corrected chi connectivity index (χ0v) is 20.1. The number of H-pyrrole nitrogens is 1. The number of hydrogen-bond donors (Lipinski definition) is 3. The summed E-state index contributed by atoms with van der Waals surface area (Å²) in [6.07, 6.45) is 0.635. The van der Waals surface area contributed by atoms with Gasteiger partial charge in [0.15, 0.2) is 0 Å². The fourth-order valence-electron chi connectivity index (χ4n) is 4.29. The van der Waals surface area contributed by atoms with Crippen molar-refractivity contribution in [2.45, 2.75) is 38.8 Å². The molecule has 0 saturated carbocycles. The lowest BCUT2D eigenvalue weighted by molar-refractivity contribution is -0.131. The fraction of sp³-hybridized carbons (Fsp3) is 0.333. The molecule has 0 spiro atoms. The lowest BCUT2D eigenvalue weighted by atomic mass is 9.93. The van der Waals surface area contributed by atoms with E-state index in [1.807, 2.05) is 13.0 Å². The number of benzene rings is 2. The second-order valence-corrected chi connectivity index (χ2v) is 9.82. The third kappa shape index (κ3) is 4.58. The van der Waals surface area contributed by atoms with Crippen LogP contribution in [0.2, 0.25) is 10.0 Å². The van der Waals surface area contributed by atoms with Crippen molar-refractivity contribution in [1.29, 1.82) is 0 Å². The number of halogens is 3. The average Bonchev–Trinajstić information content (AvgIpc) is 2.71. The molecule has 1 aliphatic rings. The quantitative estimate of drug-likeness (QED) is 0.493. The molecule has 1 amide bonds. The molecule has 6 nitrogen and oxygen atoms in total. The molecular formula is C24H25Cl2FN4O2. The highest BCUT2D eigenvalue weighted by Gasteiger charge is 2.29. The van der Waals surface area contributed by atoms with Gasteiger partial charge in [-0.1, -0.05) is 23.2 Å². The summed E-state index contributed by atoms with van der Waals surface area (Å²) in [5, 5.41) is 4.73. The molecule has 0 aliphatic carbocycles. The SMILES string of the molecule is CC1c2c(Cl)cc(Cl)cc2CCN1C(=O)CNc1cc2cc(C(C)(C)N)[nH]c(=O)c2cc1F. The second-order valence-electron chi connectivity index (χ2n) is 8.98. The van der Waals surface area contributed by atoms with E-state index in [9.17, 15) is 14.0 Å². The van der Waals surface area contributed by atoms with Crippen molar-refractivity contribution in [2.75, 3.05) is 18.4 Å². The minimum atomic E-state index is -0.766. The first-order valence-electron chi connectivity index (χ1n) is 10.6. The summed E-state index contributed by atoms with van der Waals surface area (Å²) >= 11 is 12.5. The van der Waals surface area contributed by atoms with E-state index >= 15 is 0 Å². The lowest BCUT2D eigenvalue weighted by Crippen LogP contribution is -2.42. The number of aromatic nitrogens is 1. The smallest absolute Gasteiger partial charge is 0.256 e. The monoisotopic (exact) mass is 490 g/mol. The standard InChI is InChI=1S/C24H25Cl2FN4O2/c1-12-22-13(6-15(25)9-17(22)26)4-5-31(12)21(32)11-29-19-7-14-8-20(24(2,3)28)30-23(33)16(14)10-18(19)27/h6-10,12,29H,4-5,11,28H2,1-3H3,(H,30,33). The molecule has 0 radical (unpaired) electrons. The Hall–Kier alpha value is -2.61. The molecule has 3 aromatic rings. The number of nitrogens with zero attached hydrogens (tertiary/aromatic N) is 1. The van der Waals surface area contributed by atoms with Gasteiger partial charge in [0.25, 0.3) is 5.56 Å². The summed E-state index contributed by atoms with van der Waals surface area (Å²) in [7, 11) is 0. The molecular weight excluding hydrogens is 466 g/mol. The van der Waals surface area contributed by atoms with Crippen molar-refractivity contribution in [3.8, 4) is 0 Å². The third-order valence-corrected chi connectivity index (χ3v) is 6.59. The number of carbonyl (C=O) groups excluding carboxylic acids is 1. The Kier molecular flexibility index (Phi) is 6.16. The molecule has 1 aromatic heterocycles. The van der Waals surface area contributed by atoms with Crippen molar-refractivity contribution in [3.63, 3.8) is 0 Å². The molecule has 1 atom stereocenters. The Labute approximate surface area is 200 Å². The highest BCUT2D eigenvalue weighted by atomic mass is 35.5. The van der Waals surface area contributed by atoms with Crippen molar-refractivity contribution in [2.24, 2.45) is 5.73 Å². The molecule has 0 fully saturated rings. The Morgan fingerprint density at radius 2 is 2.00 bits per heavy atom. The minimum Gasteiger partial charge on any atom is -0.374 e. The third-order valence-electron chi connectivity index (χ3n) is 6.06. The summed E-state index contributed by atoms with van der Waals surface area (Å²) in [5.41, 5.74) is 7.50. The highest BCUT2D eigenvalue weighted by molar-refractivity contribution is 6.35. The Morgan fingerprint density at radius 1 is 1.27 bits per heavy atom. The van der Waals surface area contributed by atoms with Crippen molar-refractivity contribution in [1.82, 2.24) is 9.88 Å². The first kappa shape index (κ1) is 23.5. The molecule has 1 unspecified atom stereocenters. The highest BCUT2D eigenvalue weighted by Crippen LogP contribution is 2.37. The Balaban J connectivity index is 1.56. The van der Waals surface area contributed by atoms with Gasteiger partial charge in [0, 0.05) is 22.3 Å². The van der Waals surface area contributed by atoms with E-state index < -0.39 is 16.9 Å². The maximum absolute atomic E-state index is 14.7. The number of fused-ring (bicyclic) bond motifs is 2. The van der Waals surface area contributed by atoms with Gasteiger partial charge < -0.3 is 20.9 Å². The van der Waals surface area contributed by atoms with E-state index in [0.717, 1.165) is 17.2 Å². The average molecular weight is 491 g/mol. The van der Waals surface area contributed by atoms with E-state index in [-0.39, 0.29) is 29.6 Å². The molecule has 1 aliphatic heterocycles. The first-order valence-corrected chi connectivity index (χ1v) is 11.4. The summed E-state index contributed by atoms with van der Waals surface area (Å²) in [6, 6.07) is 7.73. The number of nitrogens with one attached hydrogen (secondary N) is 2. The number of carbonyl (C=O) groups is 1. The van der Waals surface area contributed by atoms with Gasteiger partial charge in [-0.2, -0.15) is 0 Å². The van der Waals surface area contributed by atoms with Crippen LogP contribution in [0.1, 0.15) is 43.6 Å². The van der Waals surface area contributed by atoms with Crippen molar-refractivity contribution in [3.05, 3.63) is 73.4 Å². The van der Waals surface area contributed by atoms with Crippen molar-refractivity contribution >= 4 is 45.6 Å². The Morgan fingerprint density at radius 3 is 2.70 bits per heavy atom.